The molecule has 0 unspecified atom stereocenters. The summed E-state index contributed by atoms with van der Waals surface area (Å²) in [5.74, 6) is 0. The number of hydrogen-bond donors (Lipinski definition) is 1. The molecule has 0 radical (unpaired) electrons. The number of rotatable bonds is 3. The Morgan fingerprint density at radius 1 is 1.05 bits per heavy atom. The normalized spacial score (nSPS) is 10.6. The molecule has 0 aliphatic rings. The molecule has 0 aromatic heterocycles. The Bertz CT molecular complexity index is 652. The second-order valence-corrected chi connectivity index (χ2v) is 5.13. The molecule has 0 saturated carbocycles. The molecule has 1 amide bonds. The van der Waals surface area contributed by atoms with Crippen LogP contribution in [0.2, 0.25) is 15.1 Å². The maximum Gasteiger partial charge on any atom is 0.437 e. The Morgan fingerprint density at radius 2 is 1.67 bits per heavy atom. The van der Waals surface area contributed by atoms with Crippen molar-refractivity contribution in [1.29, 1.82) is 0 Å². The van der Waals surface area contributed by atoms with E-state index >= 15 is 0 Å². The van der Waals surface area contributed by atoms with E-state index in [2.05, 4.69) is 15.3 Å². The predicted molar refractivity (Wildman–Crippen MR) is 85.6 cm³/mol. The second-order valence-electron chi connectivity index (χ2n) is 3.88. The average molecular weight is 344 g/mol. The van der Waals surface area contributed by atoms with Crippen molar-refractivity contribution in [3.05, 3.63) is 63.1 Å². The van der Waals surface area contributed by atoms with E-state index in [9.17, 15) is 4.79 Å². The average Bonchev–Trinajstić information content (AvgIpc) is 2.45. The summed E-state index contributed by atoms with van der Waals surface area (Å²) in [7, 11) is 0. The van der Waals surface area contributed by atoms with Gasteiger partial charge in [0.2, 0.25) is 0 Å². The molecule has 0 aliphatic heterocycles. The van der Waals surface area contributed by atoms with Crippen LogP contribution in [0.3, 0.4) is 0 Å². The van der Waals surface area contributed by atoms with Gasteiger partial charge >= 0.3 is 6.09 Å². The molecule has 0 saturated heterocycles. The van der Waals surface area contributed by atoms with E-state index in [0.29, 0.717) is 26.3 Å². The van der Waals surface area contributed by atoms with Gasteiger partial charge in [-0.1, -0.05) is 46.0 Å². The van der Waals surface area contributed by atoms with Crippen LogP contribution in [0.1, 0.15) is 5.56 Å². The molecule has 7 heteroatoms. The van der Waals surface area contributed by atoms with Gasteiger partial charge < -0.3 is 0 Å². The van der Waals surface area contributed by atoms with Gasteiger partial charge in [0, 0.05) is 16.3 Å². The first-order valence-electron chi connectivity index (χ1n) is 5.77. The third-order valence-corrected chi connectivity index (χ3v) is 3.32. The maximum absolute atomic E-state index is 11.5. The molecule has 0 atom stereocenters. The highest BCUT2D eigenvalue weighted by Gasteiger charge is 2.04. The molecule has 0 heterocycles. The molecular formula is C14H9Cl3N2O2. The van der Waals surface area contributed by atoms with Crippen molar-refractivity contribution in [2.24, 2.45) is 5.16 Å². The molecule has 2 rings (SSSR count). The minimum Gasteiger partial charge on any atom is -0.298 e. The number of nitrogens with one attached hydrogen (secondary N) is 1. The van der Waals surface area contributed by atoms with E-state index in [-0.39, 0.29) is 0 Å². The van der Waals surface area contributed by atoms with Crippen molar-refractivity contribution < 1.29 is 9.63 Å². The number of halogens is 3. The van der Waals surface area contributed by atoms with Crippen LogP contribution in [0.5, 0.6) is 0 Å². The van der Waals surface area contributed by atoms with Gasteiger partial charge in [0.1, 0.15) is 0 Å². The third-order valence-electron chi connectivity index (χ3n) is 2.41. The van der Waals surface area contributed by atoms with Crippen molar-refractivity contribution >= 4 is 52.8 Å². The van der Waals surface area contributed by atoms with Gasteiger partial charge in [-0.05, 0) is 36.4 Å². The number of benzene rings is 2. The second kappa shape index (κ2) is 7.31. The van der Waals surface area contributed by atoms with Crippen LogP contribution in [0.4, 0.5) is 10.5 Å². The Labute approximate surface area is 136 Å². The van der Waals surface area contributed by atoms with Crippen molar-refractivity contribution in [2.45, 2.75) is 0 Å². The van der Waals surface area contributed by atoms with Crippen LogP contribution in [0.15, 0.2) is 47.6 Å². The van der Waals surface area contributed by atoms with Crippen LogP contribution in [-0.4, -0.2) is 12.3 Å². The lowest BCUT2D eigenvalue weighted by atomic mass is 10.2. The zero-order valence-electron chi connectivity index (χ0n) is 10.5. The number of anilines is 1. The first kappa shape index (κ1) is 15.6. The molecule has 1 N–H and O–H groups in total. The van der Waals surface area contributed by atoms with Crippen LogP contribution >= 0.6 is 34.8 Å². The summed E-state index contributed by atoms with van der Waals surface area (Å²) in [6.45, 7) is 0. The molecule has 2 aromatic rings. The lowest BCUT2D eigenvalue weighted by Crippen LogP contribution is -2.10. The van der Waals surface area contributed by atoms with Crippen LogP contribution in [0.25, 0.3) is 0 Å². The summed E-state index contributed by atoms with van der Waals surface area (Å²) in [6.07, 6.45) is 0.531. The summed E-state index contributed by atoms with van der Waals surface area (Å²) >= 11 is 17.6. The lowest BCUT2D eigenvalue weighted by Gasteiger charge is -2.03. The van der Waals surface area contributed by atoms with Gasteiger partial charge in [-0.25, -0.2) is 4.79 Å². The SMILES string of the molecule is O=C(Nc1ccc(Cl)cc1)O/N=C\c1c(Cl)cccc1Cl. The lowest BCUT2D eigenvalue weighted by molar-refractivity contribution is 0.167. The van der Waals surface area contributed by atoms with Gasteiger partial charge in [0.05, 0.1) is 16.3 Å². The number of carbonyl (C=O) groups is 1. The molecule has 0 bridgehead atoms. The molecule has 21 heavy (non-hydrogen) atoms. The quantitative estimate of drug-likeness (QED) is 0.471. The van der Waals surface area contributed by atoms with E-state index in [0.717, 1.165) is 0 Å². The van der Waals surface area contributed by atoms with E-state index < -0.39 is 6.09 Å². The number of oxime groups is 1. The highest BCUT2D eigenvalue weighted by molar-refractivity contribution is 6.38. The van der Waals surface area contributed by atoms with E-state index in [1.165, 1.54) is 6.21 Å². The summed E-state index contributed by atoms with van der Waals surface area (Å²) in [5.41, 5.74) is 1.01. The third kappa shape index (κ3) is 4.63. The monoisotopic (exact) mass is 342 g/mol. The molecule has 0 fully saturated rings. The highest BCUT2D eigenvalue weighted by atomic mass is 35.5. The zero-order valence-corrected chi connectivity index (χ0v) is 12.8. The smallest absolute Gasteiger partial charge is 0.298 e. The largest absolute Gasteiger partial charge is 0.437 e. The summed E-state index contributed by atoms with van der Waals surface area (Å²) in [5, 5.41) is 7.42. The Balaban J connectivity index is 1.95. The van der Waals surface area contributed by atoms with Crippen molar-refractivity contribution in [1.82, 2.24) is 0 Å². The first-order chi connectivity index (χ1) is 10.1. The maximum atomic E-state index is 11.5. The van der Waals surface area contributed by atoms with Gasteiger partial charge in [0.25, 0.3) is 0 Å². The van der Waals surface area contributed by atoms with Crippen molar-refractivity contribution in [3.63, 3.8) is 0 Å². The fourth-order valence-corrected chi connectivity index (χ4v) is 2.06. The van der Waals surface area contributed by atoms with Crippen molar-refractivity contribution in [2.75, 3.05) is 5.32 Å². The van der Waals surface area contributed by atoms with Crippen LogP contribution in [-0.2, 0) is 4.84 Å². The number of carbonyl (C=O) groups excluding carboxylic acids is 1. The van der Waals surface area contributed by atoms with Gasteiger partial charge in [-0.2, -0.15) is 0 Å². The molecule has 2 aromatic carbocycles. The Hall–Kier alpha value is -1.75. The molecule has 108 valence electrons. The summed E-state index contributed by atoms with van der Waals surface area (Å²) < 4.78 is 0. The highest BCUT2D eigenvalue weighted by Crippen LogP contribution is 2.22. The standard InChI is InChI=1S/C14H9Cl3N2O2/c15-9-4-6-10(7-5-9)19-14(20)21-18-8-11-12(16)2-1-3-13(11)17/h1-8H,(H,19,20)/b18-8-. The Morgan fingerprint density at radius 3 is 2.29 bits per heavy atom. The Kier molecular flexibility index (Phi) is 5.44. The van der Waals surface area contributed by atoms with Gasteiger partial charge in [-0.15, -0.1) is 0 Å². The van der Waals surface area contributed by atoms with E-state index in [4.69, 9.17) is 34.8 Å². The van der Waals surface area contributed by atoms with Crippen LogP contribution in [0, 0.1) is 0 Å². The predicted octanol–water partition coefficient (Wildman–Crippen LogP) is 5.23. The molecular weight excluding hydrogens is 335 g/mol. The number of amides is 1. The van der Waals surface area contributed by atoms with Crippen molar-refractivity contribution in [3.8, 4) is 0 Å². The minimum absolute atomic E-state index is 0.410. The number of hydrogen-bond acceptors (Lipinski definition) is 3. The fraction of sp³-hybridized carbons (Fsp3) is 0. The van der Waals surface area contributed by atoms with Gasteiger partial charge in [-0.3, -0.25) is 10.2 Å². The van der Waals surface area contributed by atoms with E-state index in [1.54, 1.807) is 42.5 Å². The van der Waals surface area contributed by atoms with Gasteiger partial charge in [0.15, 0.2) is 0 Å². The number of nitrogens with zero attached hydrogens (tertiary/aromatic N) is 1. The summed E-state index contributed by atoms with van der Waals surface area (Å²) in [4.78, 5) is 16.2. The van der Waals surface area contributed by atoms with E-state index in [1.807, 2.05) is 0 Å². The summed E-state index contributed by atoms with van der Waals surface area (Å²) in [6, 6.07) is 11.6. The molecule has 0 aliphatic carbocycles. The zero-order chi connectivity index (χ0) is 15.2. The van der Waals surface area contributed by atoms with Crippen LogP contribution < -0.4 is 5.32 Å². The minimum atomic E-state index is -0.739. The first-order valence-corrected chi connectivity index (χ1v) is 6.90. The fourth-order valence-electron chi connectivity index (χ4n) is 1.43. The topological polar surface area (TPSA) is 50.7 Å². The molecule has 0 spiro atoms. The molecule has 4 nitrogen and oxygen atoms in total.